The molecule has 2 amide bonds. The average Bonchev–Trinajstić information content (AvgIpc) is 2.87. The van der Waals surface area contributed by atoms with Crippen LogP contribution in [0.2, 0.25) is 5.02 Å². The number of anilines is 1. The molecule has 1 aliphatic rings. The maximum absolute atomic E-state index is 12.2. The van der Waals surface area contributed by atoms with Crippen molar-refractivity contribution < 1.29 is 9.59 Å². The minimum Gasteiger partial charge on any atom is -0.268 e. The number of imide groups is 1. The highest BCUT2D eigenvalue weighted by Gasteiger charge is 2.38. The van der Waals surface area contributed by atoms with E-state index < -0.39 is 0 Å². The quantitative estimate of drug-likeness (QED) is 0.748. The van der Waals surface area contributed by atoms with E-state index in [1.165, 1.54) is 16.2 Å². The van der Waals surface area contributed by atoms with Gasteiger partial charge in [0.1, 0.15) is 4.88 Å². The fourth-order valence-electron chi connectivity index (χ4n) is 2.05. The number of halogens is 1. The summed E-state index contributed by atoms with van der Waals surface area (Å²) in [5, 5.41) is 2.34. The Hall–Kier alpha value is -1.65. The molecule has 2 aromatic rings. The van der Waals surface area contributed by atoms with Crippen LogP contribution in [0.4, 0.5) is 5.69 Å². The average molecular weight is 278 g/mol. The molecule has 0 atom stereocenters. The van der Waals surface area contributed by atoms with Crippen LogP contribution in [0.15, 0.2) is 29.6 Å². The van der Waals surface area contributed by atoms with Crippen molar-refractivity contribution >= 4 is 40.4 Å². The van der Waals surface area contributed by atoms with Gasteiger partial charge >= 0.3 is 0 Å². The van der Waals surface area contributed by atoms with Crippen molar-refractivity contribution in [3.63, 3.8) is 0 Å². The van der Waals surface area contributed by atoms with Gasteiger partial charge in [0.25, 0.3) is 11.8 Å². The number of hydrogen-bond acceptors (Lipinski definition) is 3. The van der Waals surface area contributed by atoms with Crippen molar-refractivity contribution in [1.29, 1.82) is 0 Å². The number of carbonyl (C=O) groups is 2. The van der Waals surface area contributed by atoms with Crippen LogP contribution < -0.4 is 4.90 Å². The molecule has 5 heteroatoms. The van der Waals surface area contributed by atoms with Gasteiger partial charge in [0, 0.05) is 5.02 Å². The Morgan fingerprint density at radius 3 is 2.61 bits per heavy atom. The van der Waals surface area contributed by atoms with E-state index in [-0.39, 0.29) is 11.8 Å². The molecule has 90 valence electrons. The molecule has 0 N–H and O–H groups in total. The molecule has 1 aromatic heterocycles. The van der Waals surface area contributed by atoms with Gasteiger partial charge in [-0.15, -0.1) is 11.3 Å². The summed E-state index contributed by atoms with van der Waals surface area (Å²) in [6.45, 7) is 1.83. The summed E-state index contributed by atoms with van der Waals surface area (Å²) < 4.78 is 0. The van der Waals surface area contributed by atoms with E-state index in [1.807, 2.05) is 6.92 Å². The van der Waals surface area contributed by atoms with Gasteiger partial charge in [0.15, 0.2) is 0 Å². The summed E-state index contributed by atoms with van der Waals surface area (Å²) >= 11 is 7.17. The topological polar surface area (TPSA) is 37.4 Å². The minimum atomic E-state index is -0.262. The van der Waals surface area contributed by atoms with Crippen LogP contribution >= 0.6 is 22.9 Å². The van der Waals surface area contributed by atoms with Crippen molar-refractivity contribution in [1.82, 2.24) is 0 Å². The van der Waals surface area contributed by atoms with Crippen molar-refractivity contribution in [2.24, 2.45) is 0 Å². The monoisotopic (exact) mass is 277 g/mol. The summed E-state index contributed by atoms with van der Waals surface area (Å²) in [5.74, 6) is -0.517. The zero-order chi connectivity index (χ0) is 12.9. The molecule has 3 nitrogen and oxygen atoms in total. The number of benzene rings is 1. The molecular formula is C13H8ClNO2S. The lowest BCUT2D eigenvalue weighted by atomic mass is 10.2. The van der Waals surface area contributed by atoms with Crippen molar-refractivity contribution in [2.45, 2.75) is 6.92 Å². The van der Waals surface area contributed by atoms with Gasteiger partial charge in [0.2, 0.25) is 0 Å². The first kappa shape index (κ1) is 11.4. The van der Waals surface area contributed by atoms with Gasteiger partial charge < -0.3 is 0 Å². The van der Waals surface area contributed by atoms with E-state index in [1.54, 1.807) is 29.6 Å². The third kappa shape index (κ3) is 1.50. The van der Waals surface area contributed by atoms with Gasteiger partial charge in [-0.1, -0.05) is 11.6 Å². The Labute approximate surface area is 113 Å². The maximum atomic E-state index is 12.2. The number of thiophene rings is 1. The second-order valence-electron chi connectivity index (χ2n) is 4.04. The lowest BCUT2D eigenvalue weighted by molar-refractivity contribution is 0.0927. The van der Waals surface area contributed by atoms with Crippen LogP contribution in [-0.4, -0.2) is 11.8 Å². The highest BCUT2D eigenvalue weighted by molar-refractivity contribution is 7.13. The molecule has 1 aromatic carbocycles. The van der Waals surface area contributed by atoms with E-state index in [2.05, 4.69) is 0 Å². The maximum Gasteiger partial charge on any atom is 0.276 e. The van der Waals surface area contributed by atoms with Gasteiger partial charge in [-0.05, 0) is 42.1 Å². The highest BCUT2D eigenvalue weighted by atomic mass is 35.5. The Morgan fingerprint density at radius 1 is 1.17 bits per heavy atom. The molecule has 0 saturated heterocycles. The SMILES string of the molecule is Cc1cc(Cl)ccc1N1C(=O)c2ccsc2C1=O. The summed E-state index contributed by atoms with van der Waals surface area (Å²) in [6, 6.07) is 6.80. The molecule has 3 rings (SSSR count). The Bertz CT molecular complexity index is 647. The second-order valence-corrected chi connectivity index (χ2v) is 5.39. The standard InChI is InChI=1S/C13H8ClNO2S/c1-7-6-8(14)2-3-10(7)15-12(16)9-4-5-18-11(9)13(15)17/h2-6H,1H3. The summed E-state index contributed by atoms with van der Waals surface area (Å²) in [6.07, 6.45) is 0. The number of hydrogen-bond donors (Lipinski definition) is 0. The summed E-state index contributed by atoms with van der Waals surface area (Å²) in [4.78, 5) is 26.1. The zero-order valence-corrected chi connectivity index (χ0v) is 11.0. The lowest BCUT2D eigenvalue weighted by Gasteiger charge is -2.16. The number of carbonyl (C=O) groups excluding carboxylic acids is 2. The number of rotatable bonds is 1. The largest absolute Gasteiger partial charge is 0.276 e. The van der Waals surface area contributed by atoms with Crippen molar-refractivity contribution in [3.05, 3.63) is 50.7 Å². The van der Waals surface area contributed by atoms with E-state index in [4.69, 9.17) is 11.6 Å². The molecule has 0 spiro atoms. The minimum absolute atomic E-state index is 0.254. The van der Waals surface area contributed by atoms with Gasteiger partial charge in [-0.3, -0.25) is 9.59 Å². The third-order valence-electron chi connectivity index (χ3n) is 2.90. The fraction of sp³-hybridized carbons (Fsp3) is 0.0769. The van der Waals surface area contributed by atoms with Gasteiger partial charge in [-0.25, -0.2) is 4.90 Å². The summed E-state index contributed by atoms with van der Waals surface area (Å²) in [5.41, 5.74) is 1.89. The highest BCUT2D eigenvalue weighted by Crippen LogP contribution is 2.34. The molecule has 0 bridgehead atoms. The molecule has 2 heterocycles. The van der Waals surface area contributed by atoms with E-state index in [0.717, 1.165) is 5.56 Å². The molecule has 18 heavy (non-hydrogen) atoms. The predicted molar refractivity (Wildman–Crippen MR) is 71.6 cm³/mol. The first-order valence-corrected chi connectivity index (χ1v) is 6.58. The molecule has 1 aliphatic heterocycles. The Morgan fingerprint density at radius 2 is 1.94 bits per heavy atom. The molecule has 0 aliphatic carbocycles. The van der Waals surface area contributed by atoms with Gasteiger partial charge in [0.05, 0.1) is 11.3 Å². The third-order valence-corrected chi connectivity index (χ3v) is 4.03. The molecule has 0 unspecified atom stereocenters. The first-order valence-electron chi connectivity index (χ1n) is 5.32. The summed E-state index contributed by atoms with van der Waals surface area (Å²) in [7, 11) is 0. The lowest BCUT2D eigenvalue weighted by Crippen LogP contribution is -2.30. The second kappa shape index (κ2) is 3.93. The van der Waals surface area contributed by atoms with E-state index >= 15 is 0 Å². The van der Waals surface area contributed by atoms with Crippen LogP contribution in [0.5, 0.6) is 0 Å². The molecular weight excluding hydrogens is 270 g/mol. The first-order chi connectivity index (χ1) is 8.59. The number of amides is 2. The number of nitrogens with zero attached hydrogens (tertiary/aromatic N) is 1. The fourth-order valence-corrected chi connectivity index (χ4v) is 3.09. The van der Waals surface area contributed by atoms with Crippen LogP contribution in [0, 0.1) is 6.92 Å². The Kier molecular flexibility index (Phi) is 2.50. The van der Waals surface area contributed by atoms with Crippen molar-refractivity contribution in [3.8, 4) is 0 Å². The normalized spacial score (nSPS) is 14.2. The van der Waals surface area contributed by atoms with E-state index in [0.29, 0.717) is 21.2 Å². The van der Waals surface area contributed by atoms with Crippen LogP contribution in [-0.2, 0) is 0 Å². The van der Waals surface area contributed by atoms with E-state index in [9.17, 15) is 9.59 Å². The molecule has 0 saturated carbocycles. The zero-order valence-electron chi connectivity index (χ0n) is 9.44. The van der Waals surface area contributed by atoms with Gasteiger partial charge in [-0.2, -0.15) is 0 Å². The molecule has 0 radical (unpaired) electrons. The van der Waals surface area contributed by atoms with Crippen LogP contribution in [0.3, 0.4) is 0 Å². The Balaban J connectivity index is 2.12. The van der Waals surface area contributed by atoms with Crippen LogP contribution in [0.1, 0.15) is 25.6 Å². The smallest absolute Gasteiger partial charge is 0.268 e. The number of fused-ring (bicyclic) bond motifs is 1. The van der Waals surface area contributed by atoms with Crippen molar-refractivity contribution in [2.75, 3.05) is 4.90 Å². The molecule has 0 fully saturated rings. The van der Waals surface area contributed by atoms with Crippen LogP contribution in [0.25, 0.3) is 0 Å². The predicted octanol–water partition coefficient (Wildman–Crippen LogP) is 3.51. The number of aryl methyl sites for hydroxylation is 1.